The molecule has 0 radical (unpaired) electrons. The van der Waals surface area contributed by atoms with Crippen molar-refractivity contribution in [1.82, 2.24) is 18.8 Å². The number of fused-ring (bicyclic) bond motifs is 2. The van der Waals surface area contributed by atoms with E-state index in [0.29, 0.717) is 11.2 Å². The molecule has 1 aliphatic rings. The van der Waals surface area contributed by atoms with Gasteiger partial charge in [0.2, 0.25) is 0 Å². The van der Waals surface area contributed by atoms with Gasteiger partial charge < -0.3 is 4.90 Å². The molecule has 0 unspecified atom stereocenters. The van der Waals surface area contributed by atoms with E-state index in [4.69, 9.17) is 4.98 Å². The highest BCUT2D eigenvalue weighted by atomic mass is 32.2. The van der Waals surface area contributed by atoms with Crippen LogP contribution >= 0.6 is 0 Å². The van der Waals surface area contributed by atoms with Crippen molar-refractivity contribution in [1.29, 1.82) is 0 Å². The van der Waals surface area contributed by atoms with Crippen molar-refractivity contribution >= 4 is 21.2 Å². The molecule has 6 nitrogen and oxygen atoms in total. The molecule has 0 bridgehead atoms. The zero-order valence-corrected chi connectivity index (χ0v) is 22.0. The molecule has 3 aromatic carbocycles. The number of rotatable bonds is 4. The number of hydrogen-bond acceptors (Lipinski definition) is 5. The SMILES string of the molecule is Cc1ccc(S(=O)(=O)n2cc(-c3ccccc3)c3nc(-c4cc(C)c5c(c4)CN(C)CC5)cnc32)cc1. The van der Waals surface area contributed by atoms with E-state index in [-0.39, 0.29) is 4.90 Å². The van der Waals surface area contributed by atoms with Crippen LogP contribution in [0, 0.1) is 13.8 Å². The Hall–Kier alpha value is -3.81. The van der Waals surface area contributed by atoms with Gasteiger partial charge in [0.05, 0.1) is 16.8 Å². The molecular weight excluding hydrogens is 480 g/mol. The molecule has 0 aliphatic carbocycles. The molecule has 7 heteroatoms. The lowest BCUT2D eigenvalue weighted by atomic mass is 9.92. The summed E-state index contributed by atoms with van der Waals surface area (Å²) in [6.07, 6.45) is 4.37. The van der Waals surface area contributed by atoms with Crippen LogP contribution in [-0.2, 0) is 23.0 Å². The van der Waals surface area contributed by atoms with Crippen molar-refractivity contribution in [3.05, 3.63) is 101 Å². The lowest BCUT2D eigenvalue weighted by Crippen LogP contribution is -2.27. The molecule has 3 heterocycles. The first-order valence-electron chi connectivity index (χ1n) is 12.4. The average Bonchev–Trinajstić information content (AvgIpc) is 3.29. The predicted octanol–water partition coefficient (Wildman–Crippen LogP) is 5.61. The summed E-state index contributed by atoms with van der Waals surface area (Å²) in [5.74, 6) is 0. The van der Waals surface area contributed by atoms with E-state index >= 15 is 0 Å². The maximum Gasteiger partial charge on any atom is 0.269 e. The summed E-state index contributed by atoms with van der Waals surface area (Å²) in [5.41, 5.74) is 9.20. The Bertz CT molecular complexity index is 1740. The second-order valence-corrected chi connectivity index (χ2v) is 11.7. The Labute approximate surface area is 217 Å². The van der Waals surface area contributed by atoms with Crippen LogP contribution in [0.25, 0.3) is 33.5 Å². The molecule has 1 aliphatic heterocycles. The fraction of sp³-hybridized carbons (Fsp3) is 0.200. The normalized spacial score (nSPS) is 14.1. The molecule has 2 aromatic heterocycles. The van der Waals surface area contributed by atoms with Crippen LogP contribution in [0.1, 0.15) is 22.3 Å². The van der Waals surface area contributed by atoms with Crippen molar-refractivity contribution < 1.29 is 8.42 Å². The fourth-order valence-electron chi connectivity index (χ4n) is 5.15. The van der Waals surface area contributed by atoms with Gasteiger partial charge in [0.1, 0.15) is 5.52 Å². The first-order chi connectivity index (χ1) is 17.8. The van der Waals surface area contributed by atoms with Crippen LogP contribution in [0.2, 0.25) is 0 Å². The van der Waals surface area contributed by atoms with E-state index in [2.05, 4.69) is 36.0 Å². The van der Waals surface area contributed by atoms with Crippen molar-refractivity contribution in [3.63, 3.8) is 0 Å². The molecule has 0 saturated carbocycles. The molecule has 0 fully saturated rings. The number of hydrogen-bond donors (Lipinski definition) is 0. The summed E-state index contributed by atoms with van der Waals surface area (Å²) in [5, 5.41) is 0. The molecule has 186 valence electrons. The van der Waals surface area contributed by atoms with Gasteiger partial charge in [0, 0.05) is 30.4 Å². The molecular formula is C30H28N4O2S. The van der Waals surface area contributed by atoms with E-state index in [1.165, 1.54) is 20.7 Å². The van der Waals surface area contributed by atoms with Crippen molar-refractivity contribution in [2.75, 3.05) is 13.6 Å². The van der Waals surface area contributed by atoms with E-state index < -0.39 is 10.0 Å². The van der Waals surface area contributed by atoms with Gasteiger partial charge in [-0.25, -0.2) is 22.4 Å². The Kier molecular flexibility index (Phi) is 5.70. The minimum absolute atomic E-state index is 0.218. The zero-order chi connectivity index (χ0) is 25.7. The topological polar surface area (TPSA) is 68.1 Å². The zero-order valence-electron chi connectivity index (χ0n) is 21.1. The highest BCUT2D eigenvalue weighted by molar-refractivity contribution is 7.90. The number of nitrogens with zero attached hydrogens (tertiary/aromatic N) is 4. The van der Waals surface area contributed by atoms with Crippen molar-refractivity contribution in [2.24, 2.45) is 0 Å². The highest BCUT2D eigenvalue weighted by Gasteiger charge is 2.24. The number of likely N-dealkylation sites (N-methyl/N-ethyl adjacent to an activating group) is 1. The lowest BCUT2D eigenvalue weighted by Gasteiger charge is -2.27. The maximum atomic E-state index is 13.7. The van der Waals surface area contributed by atoms with Crippen LogP contribution in [-0.4, -0.2) is 40.9 Å². The van der Waals surface area contributed by atoms with Gasteiger partial charge in [-0.3, -0.25) is 0 Å². The summed E-state index contributed by atoms with van der Waals surface area (Å²) in [4.78, 5) is 12.2. The van der Waals surface area contributed by atoms with Crippen LogP contribution in [0.5, 0.6) is 0 Å². The number of aromatic nitrogens is 3. The minimum atomic E-state index is -3.86. The Morgan fingerprint density at radius 1 is 0.919 bits per heavy atom. The van der Waals surface area contributed by atoms with Crippen LogP contribution in [0.3, 0.4) is 0 Å². The average molecular weight is 509 g/mol. The first-order valence-corrected chi connectivity index (χ1v) is 13.8. The van der Waals surface area contributed by atoms with Gasteiger partial charge in [-0.1, -0.05) is 48.0 Å². The summed E-state index contributed by atoms with van der Waals surface area (Å²) in [7, 11) is -1.72. The van der Waals surface area contributed by atoms with Gasteiger partial charge in [-0.05, 0) is 73.8 Å². The Morgan fingerprint density at radius 3 is 2.43 bits per heavy atom. The number of aryl methyl sites for hydroxylation is 2. The smallest absolute Gasteiger partial charge is 0.269 e. The summed E-state index contributed by atoms with van der Waals surface area (Å²) >= 11 is 0. The second kappa shape index (κ2) is 8.94. The Morgan fingerprint density at radius 2 is 1.68 bits per heavy atom. The molecule has 0 spiro atoms. The first kappa shape index (κ1) is 23.6. The summed E-state index contributed by atoms with van der Waals surface area (Å²) < 4.78 is 28.6. The van der Waals surface area contributed by atoms with Gasteiger partial charge in [-0.2, -0.15) is 0 Å². The fourth-order valence-corrected chi connectivity index (χ4v) is 6.46. The monoisotopic (exact) mass is 508 g/mol. The predicted molar refractivity (Wildman–Crippen MR) is 147 cm³/mol. The van der Waals surface area contributed by atoms with Crippen molar-refractivity contribution in [3.8, 4) is 22.4 Å². The highest BCUT2D eigenvalue weighted by Crippen LogP contribution is 2.34. The number of benzene rings is 3. The summed E-state index contributed by atoms with van der Waals surface area (Å²) in [6.45, 7) is 6.05. The molecule has 6 rings (SSSR count). The minimum Gasteiger partial charge on any atom is -0.302 e. The molecule has 0 N–H and O–H groups in total. The van der Waals surface area contributed by atoms with Crippen LogP contribution < -0.4 is 0 Å². The molecule has 5 aromatic rings. The third-order valence-corrected chi connectivity index (χ3v) is 8.84. The van der Waals surface area contributed by atoms with Crippen LogP contribution in [0.15, 0.2) is 84.0 Å². The third kappa shape index (κ3) is 4.14. The quantitative estimate of drug-likeness (QED) is 0.316. The third-order valence-electron chi connectivity index (χ3n) is 7.17. The van der Waals surface area contributed by atoms with E-state index in [1.54, 1.807) is 36.7 Å². The van der Waals surface area contributed by atoms with Gasteiger partial charge >= 0.3 is 0 Å². The maximum absolute atomic E-state index is 13.7. The van der Waals surface area contributed by atoms with E-state index in [1.807, 2.05) is 37.3 Å². The van der Waals surface area contributed by atoms with Crippen LogP contribution in [0.4, 0.5) is 0 Å². The Balaban J connectivity index is 1.55. The molecule has 0 atom stereocenters. The van der Waals surface area contributed by atoms with E-state index in [0.717, 1.165) is 47.5 Å². The second-order valence-electron chi connectivity index (χ2n) is 9.87. The molecule has 37 heavy (non-hydrogen) atoms. The molecule has 0 amide bonds. The van der Waals surface area contributed by atoms with Crippen molar-refractivity contribution in [2.45, 2.75) is 31.7 Å². The summed E-state index contributed by atoms with van der Waals surface area (Å²) in [6, 6.07) is 21.0. The standard InChI is InChI=1S/C30H28N4O2S/c1-20-9-11-25(12-10-20)37(35,36)34-19-27(22-7-5-4-6-8-22)29-30(34)31-17-28(32-29)23-15-21(2)26-13-14-33(3)18-24(26)16-23/h4-12,15-17,19H,13-14,18H2,1-3H3. The van der Waals surface area contributed by atoms with E-state index in [9.17, 15) is 8.42 Å². The lowest BCUT2D eigenvalue weighted by molar-refractivity contribution is 0.312. The largest absolute Gasteiger partial charge is 0.302 e. The van der Waals surface area contributed by atoms with Gasteiger partial charge in [0.25, 0.3) is 10.0 Å². The van der Waals surface area contributed by atoms with Gasteiger partial charge in [0.15, 0.2) is 5.65 Å². The van der Waals surface area contributed by atoms with Gasteiger partial charge in [-0.15, -0.1) is 0 Å². The molecule has 0 saturated heterocycles.